The summed E-state index contributed by atoms with van der Waals surface area (Å²) in [6.07, 6.45) is 5.10. The molecule has 1 N–H and O–H groups in total. The first-order valence-electron chi connectivity index (χ1n) is 7.15. The molecule has 0 saturated carbocycles. The molecule has 0 spiro atoms. The van der Waals surface area contributed by atoms with Gasteiger partial charge in [0, 0.05) is 9.86 Å². The Balaban J connectivity index is 2.34. The van der Waals surface area contributed by atoms with Gasteiger partial charge in [-0.1, -0.05) is 31.2 Å². The number of hydrogen-bond donors (Lipinski definition) is 1. The second-order valence-corrected chi connectivity index (χ2v) is 5.78. The predicted octanol–water partition coefficient (Wildman–Crippen LogP) is 5.00. The highest BCUT2D eigenvalue weighted by Gasteiger charge is 2.15. The lowest BCUT2D eigenvalue weighted by Gasteiger charge is -2.19. The molecule has 1 atom stereocenters. The average Bonchev–Trinajstić information content (AvgIpc) is 2.47. The minimum atomic E-state index is 0.270. The summed E-state index contributed by atoms with van der Waals surface area (Å²) < 4.78 is 1.08. The lowest BCUT2D eigenvalue weighted by Crippen LogP contribution is -2.23. The molecule has 0 radical (unpaired) electrons. The van der Waals surface area contributed by atoms with E-state index in [4.69, 9.17) is 4.98 Å². The summed E-state index contributed by atoms with van der Waals surface area (Å²) in [6.45, 7) is 7.00. The van der Waals surface area contributed by atoms with E-state index in [-0.39, 0.29) is 6.04 Å². The quantitative estimate of drug-likeness (QED) is 0.721. The number of allylic oxidation sites excluding steroid dienone is 1. The van der Waals surface area contributed by atoms with Crippen molar-refractivity contribution in [2.24, 2.45) is 0 Å². The maximum absolute atomic E-state index is 4.84. The van der Waals surface area contributed by atoms with Crippen LogP contribution in [0.15, 0.2) is 47.5 Å². The Morgan fingerprint density at radius 2 is 2.20 bits per heavy atom. The summed E-state index contributed by atoms with van der Waals surface area (Å²) in [5.41, 5.74) is 2.15. The van der Waals surface area contributed by atoms with Gasteiger partial charge in [0.15, 0.2) is 0 Å². The first-order valence-corrected chi connectivity index (χ1v) is 7.95. The van der Waals surface area contributed by atoms with Gasteiger partial charge in [-0.25, -0.2) is 4.98 Å². The van der Waals surface area contributed by atoms with Gasteiger partial charge in [-0.15, -0.1) is 6.58 Å². The molecular weight excluding hydrogens is 312 g/mol. The maximum atomic E-state index is 4.84. The van der Waals surface area contributed by atoms with Gasteiger partial charge in [-0.05, 0) is 53.9 Å². The van der Waals surface area contributed by atoms with Gasteiger partial charge in [-0.3, -0.25) is 0 Å². The number of rotatable bonds is 7. The van der Waals surface area contributed by atoms with Crippen molar-refractivity contribution in [2.45, 2.75) is 32.2 Å². The van der Waals surface area contributed by atoms with Crippen molar-refractivity contribution < 1.29 is 0 Å². The third kappa shape index (κ3) is 3.68. The summed E-state index contributed by atoms with van der Waals surface area (Å²) in [7, 11) is 0. The van der Waals surface area contributed by atoms with Crippen molar-refractivity contribution >= 4 is 26.8 Å². The van der Waals surface area contributed by atoms with Gasteiger partial charge in [0.05, 0.1) is 17.3 Å². The Labute approximate surface area is 129 Å². The molecule has 2 aromatic rings. The number of benzene rings is 1. The normalized spacial score (nSPS) is 12.5. The van der Waals surface area contributed by atoms with E-state index in [0.717, 1.165) is 41.5 Å². The number of hydrogen-bond acceptors (Lipinski definition) is 2. The number of fused-ring (bicyclic) bond motifs is 1. The van der Waals surface area contributed by atoms with Crippen LogP contribution in [0.25, 0.3) is 10.9 Å². The fourth-order valence-corrected chi connectivity index (χ4v) is 2.90. The van der Waals surface area contributed by atoms with Gasteiger partial charge in [0.25, 0.3) is 0 Å². The third-order valence-corrected chi connectivity index (χ3v) is 3.97. The van der Waals surface area contributed by atoms with E-state index in [9.17, 15) is 0 Å². The highest BCUT2D eigenvalue weighted by atomic mass is 79.9. The van der Waals surface area contributed by atoms with E-state index in [1.807, 2.05) is 18.2 Å². The molecule has 2 rings (SSSR count). The molecule has 1 aromatic carbocycles. The molecule has 0 aliphatic rings. The van der Waals surface area contributed by atoms with E-state index in [1.54, 1.807) is 0 Å². The number of pyridine rings is 1. The van der Waals surface area contributed by atoms with Gasteiger partial charge in [0.2, 0.25) is 0 Å². The first-order chi connectivity index (χ1) is 9.76. The molecule has 0 fully saturated rings. The molecule has 0 saturated heterocycles. The molecule has 1 aromatic heterocycles. The van der Waals surface area contributed by atoms with Gasteiger partial charge >= 0.3 is 0 Å². The van der Waals surface area contributed by atoms with E-state index in [1.165, 1.54) is 5.39 Å². The number of nitrogens with one attached hydrogen (secondary N) is 1. The van der Waals surface area contributed by atoms with Crippen LogP contribution in [-0.4, -0.2) is 11.5 Å². The lowest BCUT2D eigenvalue weighted by molar-refractivity contribution is 0.492. The Bertz CT molecular complexity index is 580. The zero-order chi connectivity index (χ0) is 14.4. The summed E-state index contributed by atoms with van der Waals surface area (Å²) >= 11 is 3.67. The molecule has 0 aliphatic carbocycles. The van der Waals surface area contributed by atoms with Crippen LogP contribution in [0.2, 0.25) is 0 Å². The van der Waals surface area contributed by atoms with Crippen molar-refractivity contribution in [3.63, 3.8) is 0 Å². The van der Waals surface area contributed by atoms with Crippen LogP contribution < -0.4 is 5.32 Å². The number of aromatic nitrogens is 1. The minimum absolute atomic E-state index is 0.270. The van der Waals surface area contributed by atoms with Gasteiger partial charge in [0.1, 0.15) is 0 Å². The van der Waals surface area contributed by atoms with E-state index in [2.05, 4.69) is 52.9 Å². The van der Waals surface area contributed by atoms with Crippen LogP contribution in [0, 0.1) is 0 Å². The fourth-order valence-electron chi connectivity index (χ4n) is 2.29. The molecule has 20 heavy (non-hydrogen) atoms. The minimum Gasteiger partial charge on any atom is -0.309 e. The molecule has 0 amide bonds. The van der Waals surface area contributed by atoms with Crippen LogP contribution in [0.3, 0.4) is 0 Å². The summed E-state index contributed by atoms with van der Waals surface area (Å²) in [4.78, 5) is 4.84. The molecule has 1 unspecified atom stereocenters. The Kier molecular flexibility index (Phi) is 5.74. The summed E-state index contributed by atoms with van der Waals surface area (Å²) in [6, 6.07) is 10.7. The Hall–Kier alpha value is -1.19. The third-order valence-electron chi connectivity index (χ3n) is 3.33. The standard InChI is InChI=1S/C17H21BrN2/c1-3-5-9-16(19-11-4-2)17-14(18)12-13-8-6-7-10-15(13)20-17/h3,6-8,10,12,16,19H,1,4-5,9,11H2,2H3. The van der Waals surface area contributed by atoms with E-state index < -0.39 is 0 Å². The van der Waals surface area contributed by atoms with Crippen LogP contribution in [0.1, 0.15) is 37.9 Å². The Morgan fingerprint density at radius 3 is 2.95 bits per heavy atom. The maximum Gasteiger partial charge on any atom is 0.0722 e. The number of halogens is 1. The zero-order valence-electron chi connectivity index (χ0n) is 11.9. The second kappa shape index (κ2) is 7.55. The van der Waals surface area contributed by atoms with Crippen molar-refractivity contribution in [3.8, 4) is 0 Å². The molecule has 0 bridgehead atoms. The van der Waals surface area contributed by atoms with E-state index >= 15 is 0 Å². The highest BCUT2D eigenvalue weighted by Crippen LogP contribution is 2.28. The van der Waals surface area contributed by atoms with Crippen LogP contribution in [-0.2, 0) is 0 Å². The van der Waals surface area contributed by atoms with Crippen LogP contribution in [0.5, 0.6) is 0 Å². The average molecular weight is 333 g/mol. The van der Waals surface area contributed by atoms with Crippen LogP contribution in [0.4, 0.5) is 0 Å². The van der Waals surface area contributed by atoms with Crippen molar-refractivity contribution in [1.29, 1.82) is 0 Å². The summed E-state index contributed by atoms with van der Waals surface area (Å²) in [5.74, 6) is 0. The molecule has 106 valence electrons. The zero-order valence-corrected chi connectivity index (χ0v) is 13.5. The van der Waals surface area contributed by atoms with Gasteiger partial charge < -0.3 is 5.32 Å². The lowest BCUT2D eigenvalue weighted by atomic mass is 10.1. The van der Waals surface area contributed by atoms with Crippen molar-refractivity contribution in [2.75, 3.05) is 6.54 Å². The van der Waals surface area contributed by atoms with E-state index in [0.29, 0.717) is 0 Å². The highest BCUT2D eigenvalue weighted by molar-refractivity contribution is 9.10. The number of para-hydroxylation sites is 1. The van der Waals surface area contributed by atoms with Gasteiger partial charge in [-0.2, -0.15) is 0 Å². The monoisotopic (exact) mass is 332 g/mol. The topological polar surface area (TPSA) is 24.9 Å². The molecular formula is C17H21BrN2. The molecule has 1 heterocycles. The summed E-state index contributed by atoms with van der Waals surface area (Å²) in [5, 5.41) is 4.75. The van der Waals surface area contributed by atoms with Crippen molar-refractivity contribution in [3.05, 3.63) is 53.2 Å². The molecule has 0 aliphatic heterocycles. The molecule has 2 nitrogen and oxygen atoms in total. The SMILES string of the molecule is C=CCCC(NCCC)c1nc2ccccc2cc1Br. The fraction of sp³-hybridized carbons (Fsp3) is 0.353. The van der Waals surface area contributed by atoms with Crippen molar-refractivity contribution in [1.82, 2.24) is 10.3 Å². The number of nitrogens with zero attached hydrogens (tertiary/aromatic N) is 1. The molecule has 3 heteroatoms. The smallest absolute Gasteiger partial charge is 0.0722 e. The second-order valence-electron chi connectivity index (χ2n) is 4.92. The largest absolute Gasteiger partial charge is 0.309 e. The first kappa shape index (κ1) is 15.2. The predicted molar refractivity (Wildman–Crippen MR) is 89.9 cm³/mol. The Morgan fingerprint density at radius 1 is 1.40 bits per heavy atom. The van der Waals surface area contributed by atoms with Crippen LogP contribution >= 0.6 is 15.9 Å².